The maximum Gasteiger partial charge on any atom is 0.230 e. The summed E-state index contributed by atoms with van der Waals surface area (Å²) >= 11 is 0. The van der Waals surface area contributed by atoms with Gasteiger partial charge in [0.2, 0.25) is 5.91 Å². The lowest BCUT2D eigenvalue weighted by Gasteiger charge is -2.16. The van der Waals surface area contributed by atoms with Gasteiger partial charge in [-0.15, -0.1) is 0 Å². The van der Waals surface area contributed by atoms with Crippen LogP contribution in [0.25, 0.3) is 0 Å². The van der Waals surface area contributed by atoms with E-state index in [-0.39, 0.29) is 23.7 Å². The predicted molar refractivity (Wildman–Crippen MR) is 73.3 cm³/mol. The Balaban J connectivity index is 2.21. The second kappa shape index (κ2) is 5.53. The highest BCUT2D eigenvalue weighted by atomic mass is 16.5. The molecule has 1 saturated heterocycles. The number of hydrogen-bond donors (Lipinski definition) is 1. The number of anilines is 1. The Hall–Kier alpha value is -1.68. The summed E-state index contributed by atoms with van der Waals surface area (Å²) in [6.45, 7) is 5.90. The second-order valence-electron chi connectivity index (χ2n) is 5.01. The van der Waals surface area contributed by atoms with Gasteiger partial charge in [-0.3, -0.25) is 9.59 Å². The molecule has 1 aromatic rings. The summed E-state index contributed by atoms with van der Waals surface area (Å²) in [6.07, 6.45) is 0.666. The fourth-order valence-electron chi connectivity index (χ4n) is 2.54. The monoisotopic (exact) mass is 261 g/mol. The van der Waals surface area contributed by atoms with Gasteiger partial charge >= 0.3 is 0 Å². The number of aryl methyl sites for hydroxylation is 1. The Bertz CT molecular complexity index is 510. The molecule has 2 atom stereocenters. The van der Waals surface area contributed by atoms with Crippen molar-refractivity contribution >= 4 is 17.4 Å². The van der Waals surface area contributed by atoms with E-state index in [4.69, 9.17) is 4.74 Å². The summed E-state index contributed by atoms with van der Waals surface area (Å²) < 4.78 is 5.40. The van der Waals surface area contributed by atoms with Gasteiger partial charge in [-0.05, 0) is 38.8 Å². The van der Waals surface area contributed by atoms with Crippen molar-refractivity contribution in [1.82, 2.24) is 0 Å². The van der Waals surface area contributed by atoms with Crippen LogP contribution in [-0.4, -0.2) is 24.4 Å². The molecule has 1 aromatic carbocycles. The van der Waals surface area contributed by atoms with Crippen LogP contribution in [0.1, 0.15) is 36.2 Å². The first-order valence-corrected chi connectivity index (χ1v) is 6.53. The van der Waals surface area contributed by atoms with Gasteiger partial charge in [-0.1, -0.05) is 12.1 Å². The van der Waals surface area contributed by atoms with Crippen molar-refractivity contribution < 1.29 is 14.3 Å². The highest BCUT2D eigenvalue weighted by Gasteiger charge is 2.31. The second-order valence-corrected chi connectivity index (χ2v) is 5.01. The van der Waals surface area contributed by atoms with Crippen molar-refractivity contribution in [2.24, 2.45) is 5.92 Å². The van der Waals surface area contributed by atoms with Crippen LogP contribution in [0.4, 0.5) is 5.69 Å². The zero-order valence-corrected chi connectivity index (χ0v) is 11.5. The molecule has 0 aromatic heterocycles. The molecule has 0 unspecified atom stereocenters. The number of benzene rings is 1. The molecular weight excluding hydrogens is 242 g/mol. The zero-order chi connectivity index (χ0) is 14.0. The van der Waals surface area contributed by atoms with Gasteiger partial charge in [-0.2, -0.15) is 0 Å². The van der Waals surface area contributed by atoms with E-state index in [0.717, 1.165) is 12.0 Å². The molecule has 4 nitrogen and oxygen atoms in total. The largest absolute Gasteiger partial charge is 0.378 e. The minimum atomic E-state index is -0.139. The van der Waals surface area contributed by atoms with Crippen molar-refractivity contribution in [2.45, 2.75) is 33.3 Å². The lowest BCUT2D eigenvalue weighted by Crippen LogP contribution is -2.28. The molecule has 1 aliphatic heterocycles. The van der Waals surface area contributed by atoms with Crippen LogP contribution in [0.3, 0.4) is 0 Å². The molecule has 0 radical (unpaired) electrons. The molecule has 1 fully saturated rings. The van der Waals surface area contributed by atoms with E-state index in [2.05, 4.69) is 5.32 Å². The van der Waals surface area contributed by atoms with E-state index in [9.17, 15) is 9.59 Å². The molecule has 102 valence electrons. The molecule has 0 bridgehead atoms. The quantitative estimate of drug-likeness (QED) is 0.851. The predicted octanol–water partition coefficient (Wildman–Crippen LogP) is 2.56. The fourth-order valence-corrected chi connectivity index (χ4v) is 2.54. The van der Waals surface area contributed by atoms with Gasteiger partial charge in [0.15, 0.2) is 5.78 Å². The zero-order valence-electron chi connectivity index (χ0n) is 11.5. The number of ether oxygens (including phenoxy) is 1. The maximum absolute atomic E-state index is 12.2. The molecule has 1 aliphatic rings. The lowest BCUT2D eigenvalue weighted by atomic mass is 9.99. The van der Waals surface area contributed by atoms with Crippen LogP contribution in [0, 0.1) is 12.8 Å². The Morgan fingerprint density at radius 2 is 2.11 bits per heavy atom. The van der Waals surface area contributed by atoms with Gasteiger partial charge < -0.3 is 10.1 Å². The third-order valence-corrected chi connectivity index (χ3v) is 3.60. The van der Waals surface area contributed by atoms with Gasteiger partial charge in [0.1, 0.15) is 0 Å². The van der Waals surface area contributed by atoms with Gasteiger partial charge in [0.05, 0.1) is 17.7 Å². The number of Topliss-reactive ketones (excluding diaryl/α,β-unsaturated/α-hetero) is 1. The van der Waals surface area contributed by atoms with Crippen molar-refractivity contribution in [3.05, 3.63) is 29.3 Å². The molecule has 2 rings (SSSR count). The summed E-state index contributed by atoms with van der Waals surface area (Å²) in [4.78, 5) is 23.9. The third kappa shape index (κ3) is 2.84. The number of ketones is 1. The smallest absolute Gasteiger partial charge is 0.230 e. The summed E-state index contributed by atoms with van der Waals surface area (Å²) in [5, 5.41) is 2.87. The Morgan fingerprint density at radius 3 is 2.68 bits per heavy atom. The highest BCUT2D eigenvalue weighted by molar-refractivity contribution is 6.05. The standard InChI is InChI=1S/C15H19NO3/c1-9-5-4-6-13(14(9)10(2)17)16-15(18)12-7-8-19-11(12)3/h4-6,11-12H,7-8H2,1-3H3,(H,16,18)/t11-,12-/m1/s1. The van der Waals surface area contributed by atoms with Crippen LogP contribution in [0.2, 0.25) is 0 Å². The molecule has 0 spiro atoms. The topological polar surface area (TPSA) is 55.4 Å². The van der Waals surface area contributed by atoms with Crippen molar-refractivity contribution in [3.63, 3.8) is 0 Å². The van der Waals surface area contributed by atoms with Crippen molar-refractivity contribution in [2.75, 3.05) is 11.9 Å². The van der Waals surface area contributed by atoms with E-state index in [0.29, 0.717) is 17.9 Å². The molecule has 4 heteroatoms. The van der Waals surface area contributed by atoms with E-state index in [1.807, 2.05) is 26.0 Å². The average Bonchev–Trinajstić information content (AvgIpc) is 2.75. The normalized spacial score (nSPS) is 22.3. The summed E-state index contributed by atoms with van der Waals surface area (Å²) in [6, 6.07) is 5.47. The Morgan fingerprint density at radius 1 is 1.37 bits per heavy atom. The number of hydrogen-bond acceptors (Lipinski definition) is 3. The summed E-state index contributed by atoms with van der Waals surface area (Å²) in [5.41, 5.74) is 2.06. The SMILES string of the molecule is CC(=O)c1c(C)cccc1NC(=O)[C@@H]1CCO[C@@H]1C. The Kier molecular flexibility index (Phi) is 4.00. The summed E-state index contributed by atoms with van der Waals surface area (Å²) in [5.74, 6) is -0.248. The third-order valence-electron chi connectivity index (χ3n) is 3.60. The van der Waals surface area contributed by atoms with Gasteiger partial charge in [0.25, 0.3) is 0 Å². The molecule has 0 aliphatic carbocycles. The van der Waals surface area contributed by atoms with E-state index in [1.54, 1.807) is 6.07 Å². The van der Waals surface area contributed by atoms with Crippen LogP contribution in [0.15, 0.2) is 18.2 Å². The number of amides is 1. The number of carbonyl (C=O) groups is 2. The first kappa shape index (κ1) is 13.7. The van der Waals surface area contributed by atoms with E-state index in [1.165, 1.54) is 6.92 Å². The number of rotatable bonds is 3. The lowest BCUT2D eigenvalue weighted by molar-refractivity contribution is -0.121. The number of nitrogens with one attached hydrogen (secondary N) is 1. The minimum absolute atomic E-state index is 0.0379. The van der Waals surface area contributed by atoms with Crippen LogP contribution in [0.5, 0.6) is 0 Å². The van der Waals surface area contributed by atoms with Crippen molar-refractivity contribution in [1.29, 1.82) is 0 Å². The van der Waals surface area contributed by atoms with Crippen LogP contribution < -0.4 is 5.32 Å². The molecule has 0 saturated carbocycles. The van der Waals surface area contributed by atoms with Gasteiger partial charge in [-0.25, -0.2) is 0 Å². The van der Waals surface area contributed by atoms with E-state index >= 15 is 0 Å². The van der Waals surface area contributed by atoms with E-state index < -0.39 is 0 Å². The molecule has 1 heterocycles. The van der Waals surface area contributed by atoms with Gasteiger partial charge in [0, 0.05) is 12.2 Å². The first-order chi connectivity index (χ1) is 9.00. The number of carbonyl (C=O) groups excluding carboxylic acids is 2. The van der Waals surface area contributed by atoms with Crippen LogP contribution in [-0.2, 0) is 9.53 Å². The molecular formula is C15H19NO3. The molecule has 1 amide bonds. The Labute approximate surface area is 113 Å². The minimum Gasteiger partial charge on any atom is -0.378 e. The van der Waals surface area contributed by atoms with Crippen molar-refractivity contribution in [3.8, 4) is 0 Å². The summed E-state index contributed by atoms with van der Waals surface area (Å²) in [7, 11) is 0. The highest BCUT2D eigenvalue weighted by Crippen LogP contribution is 2.25. The average molecular weight is 261 g/mol. The molecule has 19 heavy (non-hydrogen) atoms. The fraction of sp³-hybridized carbons (Fsp3) is 0.467. The van der Waals surface area contributed by atoms with Crippen LogP contribution >= 0.6 is 0 Å². The molecule has 1 N–H and O–H groups in total. The maximum atomic E-state index is 12.2. The first-order valence-electron chi connectivity index (χ1n) is 6.53.